The lowest BCUT2D eigenvalue weighted by molar-refractivity contribution is -0.304. The first kappa shape index (κ1) is 31.8. The van der Waals surface area contributed by atoms with Crippen LogP contribution in [-0.2, 0) is 23.8 Å². The van der Waals surface area contributed by atoms with E-state index >= 15 is 0 Å². The standard InChI is InChI=1S/C26H48O9/c1-4-6-8-10-12-14-19(16-21(27)28)34-22(29)17-20(15-13-11-9-7-5-2)35-26-25(32)24(31)23(30)18(3)33-26/h18-20,23-26,30-32H,4-17H2,1-3H3,(H,27,28)/t18?,19-,20-,23+,24?,25?,26?/m1/s1. The number of aliphatic carboxylic acids is 1. The Labute approximate surface area is 210 Å². The Bertz CT molecular complexity index is 585. The molecule has 35 heavy (non-hydrogen) atoms. The molecule has 0 aromatic heterocycles. The van der Waals surface area contributed by atoms with Gasteiger partial charge in [0.2, 0.25) is 0 Å². The number of carbonyl (C=O) groups is 2. The number of unbranched alkanes of at least 4 members (excludes halogenated alkanes) is 8. The average molecular weight is 505 g/mol. The first-order valence-electron chi connectivity index (χ1n) is 13.5. The Morgan fingerprint density at radius 1 is 0.771 bits per heavy atom. The summed E-state index contributed by atoms with van der Waals surface area (Å²) in [5, 5.41) is 39.5. The summed E-state index contributed by atoms with van der Waals surface area (Å²) in [5.41, 5.74) is 0. The molecule has 0 saturated carbocycles. The van der Waals surface area contributed by atoms with Gasteiger partial charge in [0.15, 0.2) is 6.29 Å². The predicted octanol–water partition coefficient (Wildman–Crippen LogP) is 3.70. The molecule has 1 fully saturated rings. The van der Waals surface area contributed by atoms with E-state index in [0.29, 0.717) is 12.8 Å². The van der Waals surface area contributed by atoms with Crippen molar-refractivity contribution in [2.45, 2.75) is 154 Å². The van der Waals surface area contributed by atoms with Gasteiger partial charge in [0.1, 0.15) is 24.4 Å². The van der Waals surface area contributed by atoms with Gasteiger partial charge in [0.05, 0.1) is 25.0 Å². The molecule has 0 aromatic rings. The Kier molecular flexibility index (Phi) is 16.4. The second-order valence-electron chi connectivity index (χ2n) is 9.76. The molecule has 0 amide bonds. The van der Waals surface area contributed by atoms with Crippen LogP contribution in [0.1, 0.15) is 111 Å². The highest BCUT2D eigenvalue weighted by molar-refractivity contribution is 5.72. The largest absolute Gasteiger partial charge is 0.481 e. The van der Waals surface area contributed by atoms with Gasteiger partial charge < -0.3 is 34.6 Å². The van der Waals surface area contributed by atoms with Crippen molar-refractivity contribution in [1.82, 2.24) is 0 Å². The summed E-state index contributed by atoms with van der Waals surface area (Å²) < 4.78 is 17.0. The van der Waals surface area contributed by atoms with Gasteiger partial charge in [-0.2, -0.15) is 0 Å². The van der Waals surface area contributed by atoms with Crippen LogP contribution in [0, 0.1) is 0 Å². The van der Waals surface area contributed by atoms with Crippen molar-refractivity contribution < 1.29 is 44.2 Å². The summed E-state index contributed by atoms with van der Waals surface area (Å²) in [5.74, 6) is -1.57. The lowest BCUT2D eigenvalue weighted by Gasteiger charge is -2.40. The molecule has 0 aliphatic carbocycles. The lowest BCUT2D eigenvalue weighted by Crippen LogP contribution is -2.58. The normalized spacial score (nSPS) is 26.3. The van der Waals surface area contributed by atoms with E-state index in [2.05, 4.69) is 13.8 Å². The molecular weight excluding hydrogens is 456 g/mol. The number of esters is 1. The van der Waals surface area contributed by atoms with Gasteiger partial charge in [0.25, 0.3) is 0 Å². The smallest absolute Gasteiger partial charge is 0.308 e. The van der Waals surface area contributed by atoms with Crippen LogP contribution in [0.25, 0.3) is 0 Å². The third-order valence-electron chi connectivity index (χ3n) is 6.49. The highest BCUT2D eigenvalue weighted by Gasteiger charge is 2.43. The van der Waals surface area contributed by atoms with E-state index in [0.717, 1.165) is 64.2 Å². The van der Waals surface area contributed by atoms with Gasteiger partial charge in [-0.05, 0) is 26.2 Å². The molecule has 0 aromatic carbocycles. The quantitative estimate of drug-likeness (QED) is 0.153. The molecule has 0 spiro atoms. The fourth-order valence-electron chi connectivity index (χ4n) is 4.30. The van der Waals surface area contributed by atoms with E-state index in [1.165, 1.54) is 0 Å². The van der Waals surface area contributed by atoms with E-state index in [9.17, 15) is 30.0 Å². The van der Waals surface area contributed by atoms with Crippen LogP contribution in [0.3, 0.4) is 0 Å². The molecule has 1 rings (SSSR count). The molecule has 1 aliphatic heterocycles. The first-order valence-corrected chi connectivity index (χ1v) is 13.5. The maximum atomic E-state index is 12.7. The van der Waals surface area contributed by atoms with Crippen molar-refractivity contribution >= 4 is 11.9 Å². The van der Waals surface area contributed by atoms with Crippen LogP contribution in [0.4, 0.5) is 0 Å². The third kappa shape index (κ3) is 13.0. The Morgan fingerprint density at radius 3 is 1.86 bits per heavy atom. The number of hydrogen-bond donors (Lipinski definition) is 4. The molecule has 1 saturated heterocycles. The van der Waals surface area contributed by atoms with Gasteiger partial charge in [-0.25, -0.2) is 0 Å². The topological polar surface area (TPSA) is 143 Å². The molecule has 206 valence electrons. The third-order valence-corrected chi connectivity index (χ3v) is 6.49. The molecule has 0 radical (unpaired) electrons. The number of aliphatic hydroxyl groups is 3. The SMILES string of the molecule is CCCCCCC[C@H](CC(=O)O)OC(=O)C[C@@H](CCCCCCC)OC1OC(C)[C@H](O)C(O)C1O. The van der Waals surface area contributed by atoms with Gasteiger partial charge >= 0.3 is 11.9 Å². The second-order valence-corrected chi connectivity index (χ2v) is 9.76. The van der Waals surface area contributed by atoms with Crippen LogP contribution in [0.15, 0.2) is 0 Å². The van der Waals surface area contributed by atoms with Crippen molar-refractivity contribution in [2.75, 3.05) is 0 Å². The van der Waals surface area contributed by atoms with Crippen LogP contribution >= 0.6 is 0 Å². The number of aliphatic hydroxyl groups excluding tert-OH is 3. The minimum atomic E-state index is -1.46. The van der Waals surface area contributed by atoms with Gasteiger partial charge in [-0.15, -0.1) is 0 Å². The zero-order chi connectivity index (χ0) is 26.2. The predicted molar refractivity (Wildman–Crippen MR) is 131 cm³/mol. The van der Waals surface area contributed by atoms with Gasteiger partial charge in [-0.1, -0.05) is 71.6 Å². The second kappa shape index (κ2) is 18.1. The summed E-state index contributed by atoms with van der Waals surface area (Å²) >= 11 is 0. The van der Waals surface area contributed by atoms with Crippen LogP contribution < -0.4 is 0 Å². The number of carboxylic acids is 1. The first-order chi connectivity index (χ1) is 16.7. The van der Waals surface area contributed by atoms with Crippen LogP contribution in [0.2, 0.25) is 0 Å². The minimum Gasteiger partial charge on any atom is -0.481 e. The zero-order valence-corrected chi connectivity index (χ0v) is 21.8. The monoisotopic (exact) mass is 504 g/mol. The van der Waals surface area contributed by atoms with E-state index in [4.69, 9.17) is 14.2 Å². The van der Waals surface area contributed by atoms with Gasteiger partial charge in [-0.3, -0.25) is 9.59 Å². The molecule has 4 N–H and O–H groups in total. The highest BCUT2D eigenvalue weighted by atomic mass is 16.7. The molecule has 0 bridgehead atoms. The molecule has 1 heterocycles. The summed E-state index contributed by atoms with van der Waals surface area (Å²) in [7, 11) is 0. The molecule has 7 atom stereocenters. The lowest BCUT2D eigenvalue weighted by atomic mass is 9.99. The highest BCUT2D eigenvalue weighted by Crippen LogP contribution is 2.25. The van der Waals surface area contributed by atoms with E-state index in [-0.39, 0.29) is 12.8 Å². The van der Waals surface area contributed by atoms with Crippen molar-refractivity contribution in [3.63, 3.8) is 0 Å². The number of rotatable bonds is 19. The average Bonchev–Trinajstić information content (AvgIpc) is 2.80. The van der Waals surface area contributed by atoms with E-state index < -0.39 is 54.9 Å². The van der Waals surface area contributed by atoms with Crippen molar-refractivity contribution in [3.05, 3.63) is 0 Å². The fraction of sp³-hybridized carbons (Fsp3) is 0.923. The maximum Gasteiger partial charge on any atom is 0.308 e. The minimum absolute atomic E-state index is 0.112. The molecular formula is C26H48O9. The summed E-state index contributed by atoms with van der Waals surface area (Å²) in [4.78, 5) is 24.0. The summed E-state index contributed by atoms with van der Waals surface area (Å²) in [6, 6.07) is 0. The summed E-state index contributed by atoms with van der Waals surface area (Å²) in [6.45, 7) is 5.82. The Hall–Kier alpha value is -1.26. The fourth-order valence-corrected chi connectivity index (χ4v) is 4.30. The van der Waals surface area contributed by atoms with Crippen molar-refractivity contribution in [3.8, 4) is 0 Å². The Balaban J connectivity index is 2.72. The number of carbonyl (C=O) groups excluding carboxylic acids is 1. The van der Waals surface area contributed by atoms with Crippen LogP contribution in [0.5, 0.6) is 0 Å². The molecule has 9 nitrogen and oxygen atoms in total. The molecule has 9 heteroatoms. The number of carboxylic acid groups (broad SMARTS) is 1. The van der Waals surface area contributed by atoms with Crippen LogP contribution in [-0.4, -0.2) is 75.3 Å². The van der Waals surface area contributed by atoms with E-state index in [1.54, 1.807) is 6.92 Å². The zero-order valence-electron chi connectivity index (χ0n) is 21.8. The maximum absolute atomic E-state index is 12.7. The van der Waals surface area contributed by atoms with Crippen molar-refractivity contribution in [1.29, 1.82) is 0 Å². The number of hydrogen-bond acceptors (Lipinski definition) is 8. The summed E-state index contributed by atoms with van der Waals surface area (Å²) in [6.07, 6.45) is 3.42. The molecule has 1 aliphatic rings. The van der Waals surface area contributed by atoms with Gasteiger partial charge in [0, 0.05) is 0 Å². The van der Waals surface area contributed by atoms with Crippen molar-refractivity contribution in [2.24, 2.45) is 0 Å². The Morgan fingerprint density at radius 2 is 1.31 bits per heavy atom. The number of ether oxygens (including phenoxy) is 3. The molecule has 4 unspecified atom stereocenters. The van der Waals surface area contributed by atoms with E-state index in [1.807, 2.05) is 0 Å².